The van der Waals surface area contributed by atoms with E-state index in [0.717, 1.165) is 6.07 Å². The molecule has 1 amide bonds. The van der Waals surface area contributed by atoms with Gasteiger partial charge in [-0.3, -0.25) is 4.79 Å². The number of hydrogen-bond acceptors (Lipinski definition) is 4. The minimum Gasteiger partial charge on any atom is -0.479 e. The van der Waals surface area contributed by atoms with Gasteiger partial charge in [0.15, 0.2) is 12.2 Å². The van der Waals surface area contributed by atoms with Crippen LogP contribution in [0.4, 0.5) is 4.39 Å². The number of ether oxygens (including phenoxy) is 2. The molecule has 0 saturated carbocycles. The number of benzene rings is 1. The average Bonchev–Trinajstić information content (AvgIpc) is 2.49. The van der Waals surface area contributed by atoms with E-state index >= 15 is 0 Å². The number of aliphatic carboxylic acids is 1. The maximum absolute atomic E-state index is 13.0. The van der Waals surface area contributed by atoms with Gasteiger partial charge in [-0.05, 0) is 25.1 Å². The summed E-state index contributed by atoms with van der Waals surface area (Å²) in [5.41, 5.74) is 0. The molecule has 1 aromatic carbocycles. The first-order valence-corrected chi connectivity index (χ1v) is 7.01. The highest BCUT2D eigenvalue weighted by atomic mass is 35.5. The summed E-state index contributed by atoms with van der Waals surface area (Å²) in [5.74, 6) is -1.82. The number of morpholine rings is 1. The van der Waals surface area contributed by atoms with Crippen LogP contribution in [0, 0.1) is 5.82 Å². The molecule has 1 saturated heterocycles. The molecule has 0 bridgehead atoms. The van der Waals surface area contributed by atoms with Crippen molar-refractivity contribution in [1.29, 1.82) is 0 Å². The van der Waals surface area contributed by atoms with E-state index in [9.17, 15) is 14.0 Å². The van der Waals surface area contributed by atoms with Crippen molar-refractivity contribution in [3.05, 3.63) is 29.0 Å². The predicted molar refractivity (Wildman–Crippen MR) is 75.5 cm³/mol. The van der Waals surface area contributed by atoms with E-state index in [4.69, 9.17) is 26.2 Å². The topological polar surface area (TPSA) is 76.1 Å². The van der Waals surface area contributed by atoms with E-state index in [2.05, 4.69) is 0 Å². The summed E-state index contributed by atoms with van der Waals surface area (Å²) in [4.78, 5) is 24.6. The van der Waals surface area contributed by atoms with E-state index < -0.39 is 24.0 Å². The summed E-state index contributed by atoms with van der Waals surface area (Å²) >= 11 is 5.84. The van der Waals surface area contributed by atoms with Crippen molar-refractivity contribution >= 4 is 23.5 Å². The fraction of sp³-hybridized carbons (Fsp3) is 0.429. The van der Waals surface area contributed by atoms with E-state index in [-0.39, 0.29) is 36.4 Å². The van der Waals surface area contributed by atoms with Crippen molar-refractivity contribution < 1.29 is 28.6 Å². The zero-order chi connectivity index (χ0) is 16.3. The van der Waals surface area contributed by atoms with E-state index in [1.807, 2.05) is 0 Å². The molecule has 2 unspecified atom stereocenters. The first-order chi connectivity index (χ1) is 10.4. The van der Waals surface area contributed by atoms with Crippen LogP contribution in [0.25, 0.3) is 0 Å². The van der Waals surface area contributed by atoms with Gasteiger partial charge in [0.25, 0.3) is 5.91 Å². The van der Waals surface area contributed by atoms with Gasteiger partial charge in [0.05, 0.1) is 18.2 Å². The van der Waals surface area contributed by atoms with Gasteiger partial charge in [0.1, 0.15) is 11.6 Å². The number of nitrogens with zero attached hydrogens (tertiary/aromatic N) is 1. The Balaban J connectivity index is 2.01. The Kier molecular flexibility index (Phi) is 5.20. The molecule has 6 nitrogen and oxygen atoms in total. The zero-order valence-electron chi connectivity index (χ0n) is 11.8. The zero-order valence-corrected chi connectivity index (χ0v) is 12.5. The Bertz CT molecular complexity index is 582. The minimum absolute atomic E-state index is 0.0426. The molecule has 120 valence electrons. The van der Waals surface area contributed by atoms with Crippen LogP contribution in [0.3, 0.4) is 0 Å². The standard InChI is InChI=1S/C14H15ClFNO5/c1-8(22-11-3-2-9(16)6-10(11)15)13(18)17-4-5-21-12(7-17)14(19)20/h2-3,6,8,12H,4-5,7H2,1H3,(H,19,20). The van der Waals surface area contributed by atoms with Crippen LogP contribution in [0.2, 0.25) is 5.02 Å². The molecular formula is C14H15ClFNO5. The van der Waals surface area contributed by atoms with Gasteiger partial charge in [-0.25, -0.2) is 9.18 Å². The summed E-state index contributed by atoms with van der Waals surface area (Å²) in [6.07, 6.45) is -1.92. The SMILES string of the molecule is CC(Oc1ccc(F)cc1Cl)C(=O)N1CCOC(C(=O)O)C1. The summed E-state index contributed by atoms with van der Waals surface area (Å²) in [6, 6.07) is 3.59. The highest BCUT2D eigenvalue weighted by Crippen LogP contribution is 2.26. The number of carboxylic acid groups (broad SMARTS) is 1. The third kappa shape index (κ3) is 3.86. The van der Waals surface area contributed by atoms with Crippen molar-refractivity contribution in [3.8, 4) is 5.75 Å². The molecular weight excluding hydrogens is 317 g/mol. The van der Waals surface area contributed by atoms with Gasteiger partial charge in [0, 0.05) is 6.54 Å². The van der Waals surface area contributed by atoms with E-state index in [1.54, 1.807) is 0 Å². The lowest BCUT2D eigenvalue weighted by Crippen LogP contribution is -2.51. The smallest absolute Gasteiger partial charge is 0.334 e. The molecule has 1 fully saturated rings. The second kappa shape index (κ2) is 6.93. The van der Waals surface area contributed by atoms with Crippen molar-refractivity contribution in [2.75, 3.05) is 19.7 Å². The highest BCUT2D eigenvalue weighted by molar-refractivity contribution is 6.32. The maximum atomic E-state index is 13.0. The van der Waals surface area contributed by atoms with Crippen molar-refractivity contribution in [2.24, 2.45) is 0 Å². The second-order valence-corrected chi connectivity index (χ2v) is 5.22. The predicted octanol–water partition coefficient (Wildman–Crippen LogP) is 1.56. The fourth-order valence-corrected chi connectivity index (χ4v) is 2.28. The van der Waals surface area contributed by atoms with Gasteiger partial charge in [0.2, 0.25) is 0 Å². The number of halogens is 2. The minimum atomic E-state index is -1.12. The first kappa shape index (κ1) is 16.5. The molecule has 1 aromatic rings. The third-order valence-corrected chi connectivity index (χ3v) is 3.49. The first-order valence-electron chi connectivity index (χ1n) is 6.63. The molecule has 8 heteroatoms. The summed E-state index contributed by atoms with van der Waals surface area (Å²) in [7, 11) is 0. The quantitative estimate of drug-likeness (QED) is 0.906. The van der Waals surface area contributed by atoms with Gasteiger partial charge in [-0.1, -0.05) is 11.6 Å². The Morgan fingerprint density at radius 2 is 2.27 bits per heavy atom. The number of carbonyl (C=O) groups excluding carboxylic acids is 1. The molecule has 1 aliphatic rings. The molecule has 2 atom stereocenters. The lowest BCUT2D eigenvalue weighted by Gasteiger charge is -2.32. The van der Waals surface area contributed by atoms with Crippen LogP contribution in [-0.2, 0) is 14.3 Å². The van der Waals surface area contributed by atoms with Crippen LogP contribution < -0.4 is 4.74 Å². The monoisotopic (exact) mass is 331 g/mol. The number of amides is 1. The lowest BCUT2D eigenvalue weighted by molar-refractivity contribution is -0.161. The number of rotatable bonds is 4. The summed E-state index contributed by atoms with van der Waals surface area (Å²) in [6.45, 7) is 1.91. The van der Waals surface area contributed by atoms with Crippen LogP contribution >= 0.6 is 11.6 Å². The summed E-state index contributed by atoms with van der Waals surface area (Å²) < 4.78 is 23.5. The summed E-state index contributed by atoms with van der Waals surface area (Å²) in [5, 5.41) is 8.99. The molecule has 0 aliphatic carbocycles. The van der Waals surface area contributed by atoms with Crippen molar-refractivity contribution in [3.63, 3.8) is 0 Å². The van der Waals surface area contributed by atoms with Gasteiger partial charge in [-0.2, -0.15) is 0 Å². The van der Waals surface area contributed by atoms with Crippen LogP contribution in [-0.4, -0.2) is 53.8 Å². The molecule has 1 N–H and O–H groups in total. The average molecular weight is 332 g/mol. The highest BCUT2D eigenvalue weighted by Gasteiger charge is 2.31. The number of hydrogen-bond donors (Lipinski definition) is 1. The molecule has 0 aromatic heterocycles. The molecule has 1 heterocycles. The van der Waals surface area contributed by atoms with Crippen LogP contribution in [0.1, 0.15) is 6.92 Å². The normalized spacial score (nSPS) is 19.6. The molecule has 0 spiro atoms. The molecule has 0 radical (unpaired) electrons. The Morgan fingerprint density at radius 3 is 2.91 bits per heavy atom. The van der Waals surface area contributed by atoms with E-state index in [0.29, 0.717) is 0 Å². The van der Waals surface area contributed by atoms with Gasteiger partial charge >= 0.3 is 5.97 Å². The van der Waals surface area contributed by atoms with Crippen LogP contribution in [0.5, 0.6) is 5.75 Å². The number of carboxylic acids is 1. The number of carbonyl (C=O) groups is 2. The third-order valence-electron chi connectivity index (χ3n) is 3.20. The Hall–Kier alpha value is -1.86. The lowest BCUT2D eigenvalue weighted by atomic mass is 10.2. The molecule has 1 aliphatic heterocycles. The fourth-order valence-electron chi connectivity index (χ4n) is 2.07. The Morgan fingerprint density at radius 1 is 1.55 bits per heavy atom. The van der Waals surface area contributed by atoms with Crippen molar-refractivity contribution in [2.45, 2.75) is 19.1 Å². The van der Waals surface area contributed by atoms with E-state index in [1.165, 1.54) is 24.0 Å². The van der Waals surface area contributed by atoms with Crippen LogP contribution in [0.15, 0.2) is 18.2 Å². The van der Waals surface area contributed by atoms with Crippen molar-refractivity contribution in [1.82, 2.24) is 4.90 Å². The molecule has 22 heavy (non-hydrogen) atoms. The Labute approximate surface area is 131 Å². The maximum Gasteiger partial charge on any atom is 0.334 e. The second-order valence-electron chi connectivity index (χ2n) is 4.82. The molecule has 2 rings (SSSR count). The van der Waals surface area contributed by atoms with Gasteiger partial charge in [-0.15, -0.1) is 0 Å². The largest absolute Gasteiger partial charge is 0.479 e. The van der Waals surface area contributed by atoms with Gasteiger partial charge < -0.3 is 19.5 Å².